The van der Waals surface area contributed by atoms with Gasteiger partial charge in [0.05, 0.1) is 0 Å². The highest BCUT2D eigenvalue weighted by Crippen LogP contribution is 2.39. The summed E-state index contributed by atoms with van der Waals surface area (Å²) in [6.07, 6.45) is 12.6. The van der Waals surface area contributed by atoms with Gasteiger partial charge < -0.3 is 0 Å². The maximum atomic E-state index is 4.47. The van der Waals surface area contributed by atoms with E-state index in [1.807, 2.05) is 0 Å². The van der Waals surface area contributed by atoms with Crippen molar-refractivity contribution in [2.75, 3.05) is 0 Å². The number of aryl methyl sites for hydroxylation is 3. The van der Waals surface area contributed by atoms with Gasteiger partial charge >= 0.3 is 0 Å². The van der Waals surface area contributed by atoms with E-state index in [-0.39, 0.29) is 0 Å². The van der Waals surface area contributed by atoms with Gasteiger partial charge in [-0.2, -0.15) is 0 Å². The lowest BCUT2D eigenvalue weighted by Gasteiger charge is -2.18. The molecule has 0 saturated heterocycles. The Balaban J connectivity index is 1.50. The maximum Gasteiger partial charge on any atom is -0.00137 e. The Hall–Kier alpha value is -2.60. The third kappa shape index (κ3) is 4.85. The van der Waals surface area contributed by atoms with Gasteiger partial charge in [0.15, 0.2) is 0 Å². The standard InChI is InChI=1S/C31H36/c1-21-9-7-10-22(2)30(21)23(3)17-26-11-8-12-29(26)28-19-25-14-13-24(18-27(25)20-28)15-16-31(4,5)6/h7,9-14,18,20H,3,8,15-17,19H2,1-2,4-6H3. The van der Waals surface area contributed by atoms with E-state index in [9.17, 15) is 0 Å². The van der Waals surface area contributed by atoms with Crippen LogP contribution in [0.4, 0.5) is 0 Å². The molecule has 4 rings (SSSR count). The van der Waals surface area contributed by atoms with Gasteiger partial charge in [0, 0.05) is 0 Å². The molecule has 2 aliphatic carbocycles. The van der Waals surface area contributed by atoms with Gasteiger partial charge in [0.25, 0.3) is 0 Å². The monoisotopic (exact) mass is 408 g/mol. The normalized spacial score (nSPS) is 15.5. The Morgan fingerprint density at radius 2 is 1.74 bits per heavy atom. The minimum Gasteiger partial charge on any atom is -0.0949 e. The van der Waals surface area contributed by atoms with Crippen molar-refractivity contribution in [1.29, 1.82) is 0 Å². The van der Waals surface area contributed by atoms with Gasteiger partial charge in [-0.1, -0.05) is 82.0 Å². The van der Waals surface area contributed by atoms with E-state index in [0.717, 1.165) is 25.7 Å². The molecule has 0 nitrogen and oxygen atoms in total. The topological polar surface area (TPSA) is 0 Å². The third-order valence-corrected chi connectivity index (χ3v) is 6.70. The van der Waals surface area contributed by atoms with Crippen molar-refractivity contribution < 1.29 is 0 Å². The van der Waals surface area contributed by atoms with Gasteiger partial charge in [-0.3, -0.25) is 0 Å². The molecule has 2 aliphatic rings. The zero-order valence-corrected chi connectivity index (χ0v) is 19.9. The molecule has 0 saturated carbocycles. The number of rotatable bonds is 6. The summed E-state index contributed by atoms with van der Waals surface area (Å²) >= 11 is 0. The van der Waals surface area contributed by atoms with Crippen LogP contribution in [0.3, 0.4) is 0 Å². The molecule has 2 aromatic rings. The third-order valence-electron chi connectivity index (χ3n) is 6.70. The van der Waals surface area contributed by atoms with Crippen LogP contribution in [-0.4, -0.2) is 0 Å². The van der Waals surface area contributed by atoms with Crippen LogP contribution in [-0.2, 0) is 12.8 Å². The summed E-state index contributed by atoms with van der Waals surface area (Å²) in [5.74, 6) is 0. The summed E-state index contributed by atoms with van der Waals surface area (Å²) < 4.78 is 0. The lowest BCUT2D eigenvalue weighted by atomic mass is 9.88. The van der Waals surface area contributed by atoms with Crippen molar-refractivity contribution in [1.82, 2.24) is 0 Å². The molecule has 0 aliphatic heterocycles. The Kier molecular flexibility index (Phi) is 5.93. The molecule has 0 unspecified atom stereocenters. The average Bonchev–Trinajstić information content (AvgIpc) is 3.31. The molecule has 0 heterocycles. The van der Waals surface area contributed by atoms with Crippen molar-refractivity contribution in [3.05, 3.63) is 105 Å². The van der Waals surface area contributed by atoms with Gasteiger partial charge in [-0.15, -0.1) is 0 Å². The predicted octanol–water partition coefficient (Wildman–Crippen LogP) is 8.58. The Labute approximate surface area is 189 Å². The summed E-state index contributed by atoms with van der Waals surface area (Å²) in [5.41, 5.74) is 14.3. The molecular formula is C31H36. The molecule has 0 aromatic heterocycles. The first-order valence-electron chi connectivity index (χ1n) is 11.7. The first kappa shape index (κ1) is 21.6. The predicted molar refractivity (Wildman–Crippen MR) is 136 cm³/mol. The molecule has 31 heavy (non-hydrogen) atoms. The minimum absolute atomic E-state index is 0.381. The van der Waals surface area contributed by atoms with Gasteiger partial charge in [0.1, 0.15) is 0 Å². The van der Waals surface area contributed by atoms with Crippen molar-refractivity contribution in [2.24, 2.45) is 5.41 Å². The van der Waals surface area contributed by atoms with Crippen LogP contribution in [0.25, 0.3) is 11.6 Å². The summed E-state index contributed by atoms with van der Waals surface area (Å²) in [4.78, 5) is 0. The molecule has 0 spiro atoms. The Morgan fingerprint density at radius 1 is 1.00 bits per heavy atom. The van der Waals surface area contributed by atoms with E-state index in [2.05, 4.69) is 95.8 Å². The molecule has 0 fully saturated rings. The van der Waals surface area contributed by atoms with E-state index in [1.54, 1.807) is 0 Å². The van der Waals surface area contributed by atoms with Crippen LogP contribution in [0.5, 0.6) is 0 Å². The molecule has 0 N–H and O–H groups in total. The maximum absolute atomic E-state index is 4.47. The van der Waals surface area contributed by atoms with E-state index in [1.165, 1.54) is 62.1 Å². The van der Waals surface area contributed by atoms with Crippen molar-refractivity contribution in [3.8, 4) is 0 Å². The van der Waals surface area contributed by atoms with E-state index >= 15 is 0 Å². The Bertz CT molecular complexity index is 1090. The highest BCUT2D eigenvalue weighted by Gasteiger charge is 2.22. The summed E-state index contributed by atoms with van der Waals surface area (Å²) in [6, 6.07) is 13.6. The van der Waals surface area contributed by atoms with Crippen molar-refractivity contribution >= 4 is 11.6 Å². The molecule has 160 valence electrons. The van der Waals surface area contributed by atoms with E-state index in [0.29, 0.717) is 5.41 Å². The average molecular weight is 409 g/mol. The minimum atomic E-state index is 0.381. The van der Waals surface area contributed by atoms with Crippen molar-refractivity contribution in [3.63, 3.8) is 0 Å². The second kappa shape index (κ2) is 8.50. The molecule has 0 amide bonds. The fraction of sp³-hybridized carbons (Fsp3) is 0.355. The van der Waals surface area contributed by atoms with Crippen LogP contribution >= 0.6 is 0 Å². The van der Waals surface area contributed by atoms with E-state index in [4.69, 9.17) is 0 Å². The highest BCUT2D eigenvalue weighted by molar-refractivity contribution is 5.76. The molecule has 0 heteroatoms. The number of allylic oxidation sites excluding steroid dienone is 6. The number of fused-ring (bicyclic) bond motifs is 1. The number of hydrogen-bond acceptors (Lipinski definition) is 0. The molecular weight excluding hydrogens is 372 g/mol. The quantitative estimate of drug-likeness (QED) is 0.449. The van der Waals surface area contributed by atoms with Gasteiger partial charge in [0.2, 0.25) is 0 Å². The highest BCUT2D eigenvalue weighted by atomic mass is 14.3. The number of hydrogen-bond donors (Lipinski definition) is 0. The zero-order valence-electron chi connectivity index (χ0n) is 19.9. The molecule has 0 atom stereocenters. The number of benzene rings is 2. The van der Waals surface area contributed by atoms with Gasteiger partial charge in [-0.25, -0.2) is 0 Å². The Morgan fingerprint density at radius 3 is 2.45 bits per heavy atom. The van der Waals surface area contributed by atoms with Crippen molar-refractivity contribution in [2.45, 2.75) is 66.7 Å². The first-order valence-corrected chi connectivity index (χ1v) is 11.7. The fourth-order valence-corrected chi connectivity index (χ4v) is 4.99. The molecule has 0 radical (unpaired) electrons. The van der Waals surface area contributed by atoms with Crippen LogP contribution in [0.15, 0.2) is 71.8 Å². The smallest absolute Gasteiger partial charge is 0.00137 e. The second-order valence-corrected chi connectivity index (χ2v) is 10.6. The fourth-order valence-electron chi connectivity index (χ4n) is 4.99. The largest absolute Gasteiger partial charge is 0.0949 e. The SMILES string of the molecule is C=C(CC1=CCC=C1C1=Cc2cc(CCC(C)(C)C)ccc2C1)c1c(C)cccc1C. The van der Waals surface area contributed by atoms with Crippen LogP contribution in [0, 0.1) is 19.3 Å². The molecule has 2 aromatic carbocycles. The summed E-state index contributed by atoms with van der Waals surface area (Å²) in [7, 11) is 0. The van der Waals surface area contributed by atoms with E-state index < -0.39 is 0 Å². The second-order valence-electron chi connectivity index (χ2n) is 10.6. The van der Waals surface area contributed by atoms with Crippen LogP contribution < -0.4 is 0 Å². The first-order chi connectivity index (χ1) is 14.7. The molecule has 0 bridgehead atoms. The van der Waals surface area contributed by atoms with Crippen LogP contribution in [0.1, 0.15) is 73.4 Å². The lowest BCUT2D eigenvalue weighted by Crippen LogP contribution is -2.06. The van der Waals surface area contributed by atoms with Crippen LogP contribution in [0.2, 0.25) is 0 Å². The summed E-state index contributed by atoms with van der Waals surface area (Å²) in [6.45, 7) is 15.8. The van der Waals surface area contributed by atoms with Gasteiger partial charge in [-0.05, 0) is 107 Å². The summed E-state index contributed by atoms with van der Waals surface area (Å²) in [5, 5.41) is 0. The zero-order chi connectivity index (χ0) is 22.2. The lowest BCUT2D eigenvalue weighted by molar-refractivity contribution is 0.378.